The molecule has 0 radical (unpaired) electrons. The van der Waals surface area contributed by atoms with E-state index in [1.165, 1.54) is 0 Å². The van der Waals surface area contributed by atoms with Crippen LogP contribution in [0.2, 0.25) is 0 Å². The minimum Gasteiger partial charge on any atom is -0.482 e. The molecule has 2 aromatic carbocycles. The van der Waals surface area contributed by atoms with E-state index < -0.39 is 12.2 Å². The Balaban J connectivity index is 1.53. The van der Waals surface area contributed by atoms with E-state index in [4.69, 9.17) is 13.9 Å². The van der Waals surface area contributed by atoms with Crippen molar-refractivity contribution in [3.8, 4) is 11.5 Å². The summed E-state index contributed by atoms with van der Waals surface area (Å²) in [6, 6.07) is 12.7. The van der Waals surface area contributed by atoms with Gasteiger partial charge < -0.3 is 19.2 Å². The predicted molar refractivity (Wildman–Crippen MR) is 93.0 cm³/mol. The smallest absolute Gasteiger partial charge is 0.269 e. The largest absolute Gasteiger partial charge is 0.482 e. The molecule has 0 unspecified atom stereocenters. The summed E-state index contributed by atoms with van der Waals surface area (Å²) in [7, 11) is 0. The van der Waals surface area contributed by atoms with Gasteiger partial charge in [0.1, 0.15) is 11.6 Å². The number of aromatic nitrogens is 1. The first kappa shape index (κ1) is 15.5. The Hall–Kier alpha value is -3.02. The highest BCUT2D eigenvalue weighted by Crippen LogP contribution is 2.33. The summed E-state index contributed by atoms with van der Waals surface area (Å²) in [5, 5.41) is 2.87. The number of hydrogen-bond acceptors (Lipinski definition) is 5. The van der Waals surface area contributed by atoms with Gasteiger partial charge in [-0.25, -0.2) is 4.98 Å². The van der Waals surface area contributed by atoms with Crippen molar-refractivity contribution < 1.29 is 18.7 Å². The second-order valence-corrected chi connectivity index (χ2v) is 5.94. The van der Waals surface area contributed by atoms with Crippen LogP contribution < -0.4 is 14.8 Å². The quantitative estimate of drug-likeness (QED) is 0.790. The second kappa shape index (κ2) is 6.12. The van der Waals surface area contributed by atoms with Crippen LogP contribution in [0.1, 0.15) is 19.7 Å². The van der Waals surface area contributed by atoms with Crippen molar-refractivity contribution in [3.05, 3.63) is 48.4 Å². The average Bonchev–Trinajstić information content (AvgIpc) is 3.03. The molecule has 1 N–H and O–H groups in total. The summed E-state index contributed by atoms with van der Waals surface area (Å²) < 4.78 is 17.2. The number of carbonyl (C=O) groups excluding carboxylic acids is 1. The third kappa shape index (κ3) is 2.91. The first-order valence-electron chi connectivity index (χ1n) is 8.26. The number of oxazole rings is 1. The molecule has 2 heterocycles. The van der Waals surface area contributed by atoms with Gasteiger partial charge in [-0.3, -0.25) is 4.79 Å². The van der Waals surface area contributed by atoms with E-state index in [0.29, 0.717) is 34.2 Å². The van der Waals surface area contributed by atoms with Gasteiger partial charge in [-0.15, -0.1) is 0 Å². The third-order valence-electron chi connectivity index (χ3n) is 4.10. The minimum atomic E-state index is -0.728. The third-order valence-corrected chi connectivity index (χ3v) is 4.10. The Bertz CT molecular complexity index is 934. The van der Waals surface area contributed by atoms with Gasteiger partial charge >= 0.3 is 0 Å². The molecule has 1 amide bonds. The van der Waals surface area contributed by atoms with Crippen LogP contribution in [0.15, 0.2) is 46.9 Å². The fourth-order valence-corrected chi connectivity index (χ4v) is 2.82. The summed E-state index contributed by atoms with van der Waals surface area (Å²) >= 11 is 0. The second-order valence-electron chi connectivity index (χ2n) is 5.94. The molecule has 0 aliphatic carbocycles. The molecule has 0 fully saturated rings. The van der Waals surface area contributed by atoms with Gasteiger partial charge in [0, 0.05) is 12.1 Å². The van der Waals surface area contributed by atoms with Crippen LogP contribution in [-0.4, -0.2) is 23.1 Å². The van der Waals surface area contributed by atoms with E-state index in [9.17, 15) is 4.79 Å². The Morgan fingerprint density at radius 1 is 1.16 bits per heavy atom. The summed E-state index contributed by atoms with van der Waals surface area (Å²) in [5.41, 5.74) is 2.06. The SMILES string of the molecule is CCc1nc2cc(NC(=O)[C@H]3Oc4ccccc4O[C@@H]3C)ccc2o1. The van der Waals surface area contributed by atoms with Crippen LogP contribution in [-0.2, 0) is 11.2 Å². The zero-order valence-corrected chi connectivity index (χ0v) is 14.0. The number of carbonyl (C=O) groups is 1. The average molecular weight is 338 g/mol. The highest BCUT2D eigenvalue weighted by Gasteiger charge is 2.34. The van der Waals surface area contributed by atoms with Crippen LogP contribution in [0.5, 0.6) is 11.5 Å². The molecule has 0 saturated carbocycles. The van der Waals surface area contributed by atoms with Crippen molar-refractivity contribution in [2.45, 2.75) is 32.5 Å². The summed E-state index contributed by atoms with van der Waals surface area (Å²) in [6.07, 6.45) is -0.396. The molecule has 128 valence electrons. The Labute approximate surface area is 144 Å². The molecule has 4 rings (SSSR count). The maximum absolute atomic E-state index is 12.6. The number of anilines is 1. The number of para-hydroxylation sites is 2. The number of rotatable bonds is 3. The van der Waals surface area contributed by atoms with E-state index in [-0.39, 0.29) is 5.91 Å². The number of fused-ring (bicyclic) bond motifs is 2. The molecule has 6 heteroatoms. The van der Waals surface area contributed by atoms with Crippen LogP contribution in [0.4, 0.5) is 5.69 Å². The fourth-order valence-electron chi connectivity index (χ4n) is 2.82. The lowest BCUT2D eigenvalue weighted by atomic mass is 10.1. The van der Waals surface area contributed by atoms with Crippen LogP contribution in [0.25, 0.3) is 11.1 Å². The number of nitrogens with zero attached hydrogens (tertiary/aromatic N) is 1. The molecular weight excluding hydrogens is 320 g/mol. The maximum Gasteiger partial charge on any atom is 0.269 e. The number of benzene rings is 2. The van der Waals surface area contributed by atoms with Gasteiger partial charge in [-0.05, 0) is 37.3 Å². The maximum atomic E-state index is 12.6. The lowest BCUT2D eigenvalue weighted by Crippen LogP contribution is -2.46. The van der Waals surface area contributed by atoms with Gasteiger partial charge in [0.25, 0.3) is 5.91 Å². The Kier molecular flexibility index (Phi) is 3.80. The van der Waals surface area contributed by atoms with Crippen LogP contribution in [0.3, 0.4) is 0 Å². The monoisotopic (exact) mass is 338 g/mol. The fraction of sp³-hybridized carbons (Fsp3) is 0.263. The van der Waals surface area contributed by atoms with Gasteiger partial charge in [-0.2, -0.15) is 0 Å². The molecular formula is C19H18N2O4. The molecule has 1 aliphatic heterocycles. The standard InChI is InChI=1S/C19H18N2O4/c1-3-17-21-13-10-12(8-9-14(13)24-17)20-19(22)18-11(2)23-15-6-4-5-7-16(15)25-18/h4-11,18H,3H2,1-2H3,(H,20,22)/t11-,18+/m1/s1. The number of aryl methyl sites for hydroxylation is 1. The van der Waals surface area contributed by atoms with Crippen molar-refractivity contribution in [2.24, 2.45) is 0 Å². The minimum absolute atomic E-state index is 0.263. The van der Waals surface area contributed by atoms with E-state index in [2.05, 4.69) is 10.3 Å². The number of nitrogens with one attached hydrogen (secondary N) is 1. The lowest BCUT2D eigenvalue weighted by molar-refractivity contribution is -0.128. The first-order chi connectivity index (χ1) is 12.1. The van der Waals surface area contributed by atoms with Gasteiger partial charge in [0.2, 0.25) is 6.10 Å². The molecule has 25 heavy (non-hydrogen) atoms. The normalized spacial score (nSPS) is 19.0. The zero-order valence-electron chi connectivity index (χ0n) is 14.0. The molecule has 3 aromatic rings. The molecule has 1 aliphatic rings. The molecule has 2 atom stereocenters. The highest BCUT2D eigenvalue weighted by atomic mass is 16.6. The molecule has 0 bridgehead atoms. The molecule has 1 aromatic heterocycles. The summed E-state index contributed by atoms with van der Waals surface area (Å²) in [4.78, 5) is 17.0. The number of hydrogen-bond donors (Lipinski definition) is 1. The van der Waals surface area contributed by atoms with Gasteiger partial charge in [-0.1, -0.05) is 19.1 Å². The van der Waals surface area contributed by atoms with Crippen molar-refractivity contribution in [1.29, 1.82) is 0 Å². The van der Waals surface area contributed by atoms with E-state index in [1.807, 2.05) is 32.0 Å². The Morgan fingerprint density at radius 3 is 2.68 bits per heavy atom. The molecule has 0 spiro atoms. The van der Waals surface area contributed by atoms with Gasteiger partial charge in [0.15, 0.2) is 23.0 Å². The number of amides is 1. The molecule has 6 nitrogen and oxygen atoms in total. The van der Waals surface area contributed by atoms with Crippen LogP contribution in [0, 0.1) is 0 Å². The topological polar surface area (TPSA) is 73.6 Å². The van der Waals surface area contributed by atoms with Crippen molar-refractivity contribution in [2.75, 3.05) is 5.32 Å². The Morgan fingerprint density at radius 2 is 1.92 bits per heavy atom. The summed E-state index contributed by atoms with van der Waals surface area (Å²) in [5.74, 6) is 1.63. The first-order valence-corrected chi connectivity index (χ1v) is 8.26. The van der Waals surface area contributed by atoms with Crippen molar-refractivity contribution in [1.82, 2.24) is 4.98 Å². The molecule has 0 saturated heterocycles. The highest BCUT2D eigenvalue weighted by molar-refractivity contribution is 5.96. The van der Waals surface area contributed by atoms with Crippen molar-refractivity contribution in [3.63, 3.8) is 0 Å². The summed E-state index contributed by atoms with van der Waals surface area (Å²) in [6.45, 7) is 3.79. The van der Waals surface area contributed by atoms with E-state index in [0.717, 1.165) is 6.42 Å². The zero-order chi connectivity index (χ0) is 17.4. The predicted octanol–water partition coefficient (Wildman–Crippen LogP) is 3.56. The van der Waals surface area contributed by atoms with Crippen LogP contribution >= 0.6 is 0 Å². The lowest BCUT2D eigenvalue weighted by Gasteiger charge is -2.30. The number of ether oxygens (including phenoxy) is 2. The van der Waals surface area contributed by atoms with Crippen molar-refractivity contribution >= 4 is 22.7 Å². The van der Waals surface area contributed by atoms with E-state index in [1.54, 1.807) is 24.3 Å². The van der Waals surface area contributed by atoms with Gasteiger partial charge in [0.05, 0.1) is 0 Å². The van der Waals surface area contributed by atoms with E-state index >= 15 is 0 Å².